The summed E-state index contributed by atoms with van der Waals surface area (Å²) in [7, 11) is -1.16. The van der Waals surface area contributed by atoms with Crippen molar-refractivity contribution < 1.29 is 4.79 Å². The molecule has 0 atom stereocenters. The van der Waals surface area contributed by atoms with E-state index in [1.807, 2.05) is 6.08 Å². The van der Waals surface area contributed by atoms with Gasteiger partial charge in [0, 0.05) is 6.42 Å². The summed E-state index contributed by atoms with van der Waals surface area (Å²) in [5, 5.41) is 0. The first kappa shape index (κ1) is 16.2. The summed E-state index contributed by atoms with van der Waals surface area (Å²) in [5.41, 5.74) is 2.16. The van der Waals surface area contributed by atoms with Gasteiger partial charge in [-0.2, -0.15) is 0 Å². The Morgan fingerprint density at radius 3 is 2.35 bits per heavy atom. The molecule has 96 valence electrons. The van der Waals surface area contributed by atoms with Gasteiger partial charge in [0.05, 0.1) is 8.07 Å². The molecule has 0 radical (unpaired) electrons. The minimum absolute atomic E-state index is 0.0849. The van der Waals surface area contributed by atoms with E-state index in [4.69, 9.17) is 0 Å². The van der Waals surface area contributed by atoms with Gasteiger partial charge in [0.25, 0.3) is 0 Å². The zero-order chi connectivity index (χ0) is 13.1. The molecule has 0 aliphatic rings. The van der Waals surface area contributed by atoms with E-state index in [1.165, 1.54) is 19.3 Å². The van der Waals surface area contributed by atoms with Crippen LogP contribution < -0.4 is 0 Å². The average Bonchev–Trinajstić information content (AvgIpc) is 2.23. The number of Topliss-reactive ketones (excluding diaryl/α,β-unsaturated/α-hetero) is 1. The molecule has 0 aliphatic heterocycles. The van der Waals surface area contributed by atoms with E-state index in [0.717, 1.165) is 12.8 Å². The van der Waals surface area contributed by atoms with Crippen LogP contribution >= 0.6 is 0 Å². The van der Waals surface area contributed by atoms with Gasteiger partial charge >= 0.3 is 0 Å². The van der Waals surface area contributed by atoms with Gasteiger partial charge in [0.2, 0.25) is 5.78 Å². The molecule has 2 heteroatoms. The van der Waals surface area contributed by atoms with Gasteiger partial charge in [-0.05, 0) is 18.4 Å². The van der Waals surface area contributed by atoms with Crippen molar-refractivity contribution in [3.05, 3.63) is 11.8 Å². The fraction of sp³-hybridized carbons (Fsp3) is 0.667. The van der Waals surface area contributed by atoms with Crippen molar-refractivity contribution in [1.29, 1.82) is 0 Å². The third-order valence-corrected chi connectivity index (χ3v) is 3.55. The zero-order valence-electron chi connectivity index (χ0n) is 11.8. The van der Waals surface area contributed by atoms with Crippen LogP contribution in [0.2, 0.25) is 19.6 Å². The lowest BCUT2D eigenvalue weighted by Crippen LogP contribution is -2.15. The second-order valence-corrected chi connectivity index (χ2v) is 10.6. The van der Waals surface area contributed by atoms with Gasteiger partial charge in [-0.25, -0.2) is 0 Å². The molecule has 0 fully saturated rings. The van der Waals surface area contributed by atoms with Crippen molar-refractivity contribution in [2.24, 2.45) is 0 Å². The normalized spacial score (nSPS) is 11.3. The molecule has 0 bridgehead atoms. The number of hydrogen-bond donors (Lipinski definition) is 0. The summed E-state index contributed by atoms with van der Waals surface area (Å²) < 4.78 is 0. The Labute approximate surface area is 108 Å². The smallest absolute Gasteiger partial charge is 0.205 e. The summed E-state index contributed by atoms with van der Waals surface area (Å²) in [4.78, 5) is 11.4. The molecule has 0 aromatic carbocycles. The Balaban J connectivity index is 3.72. The van der Waals surface area contributed by atoms with E-state index in [2.05, 4.69) is 44.1 Å². The molecule has 0 rings (SSSR count). The first-order chi connectivity index (χ1) is 7.95. The minimum atomic E-state index is -1.16. The highest BCUT2D eigenvalue weighted by atomic mass is 28.3. The van der Waals surface area contributed by atoms with Crippen LogP contribution in [0.4, 0.5) is 0 Å². The first-order valence-electron chi connectivity index (χ1n) is 6.68. The van der Waals surface area contributed by atoms with Crippen molar-refractivity contribution in [3.8, 4) is 11.8 Å². The first-order valence-corrected chi connectivity index (χ1v) is 10.3. The molecule has 0 aromatic heterocycles. The van der Waals surface area contributed by atoms with Crippen LogP contribution in [0.15, 0.2) is 11.8 Å². The summed E-state index contributed by atoms with van der Waals surface area (Å²) in [6, 6.07) is 0. The van der Waals surface area contributed by atoms with Crippen LogP contribution in [0.1, 0.15) is 45.4 Å². The number of carbonyl (C=O) groups excluding carboxylic acids is 1. The maximum absolute atomic E-state index is 11.4. The van der Waals surface area contributed by atoms with E-state index >= 15 is 0 Å². The van der Waals surface area contributed by atoms with E-state index in [9.17, 15) is 4.79 Å². The van der Waals surface area contributed by atoms with Crippen molar-refractivity contribution >= 4 is 13.9 Å². The van der Waals surface area contributed by atoms with Crippen LogP contribution in [-0.2, 0) is 4.79 Å². The van der Waals surface area contributed by atoms with Gasteiger partial charge in [-0.3, -0.25) is 4.79 Å². The Hall–Kier alpha value is -0.813. The topological polar surface area (TPSA) is 17.1 Å². The monoisotopic (exact) mass is 250 g/mol. The summed E-state index contributed by atoms with van der Waals surface area (Å²) in [6.45, 7) is 8.95. The molecule has 1 nitrogen and oxygen atoms in total. The number of unbranched alkanes of at least 4 members (excludes halogenated alkanes) is 4. The van der Waals surface area contributed by atoms with Crippen LogP contribution in [0.5, 0.6) is 0 Å². The van der Waals surface area contributed by atoms with Crippen LogP contribution in [-0.4, -0.2) is 13.9 Å². The SMILES string of the molecule is CCCCCCCC(=O)C#CC=C[Si](C)(C)C. The lowest BCUT2D eigenvalue weighted by atomic mass is 10.1. The van der Waals surface area contributed by atoms with Crippen LogP contribution in [0, 0.1) is 11.8 Å². The van der Waals surface area contributed by atoms with Gasteiger partial charge in [0.15, 0.2) is 0 Å². The maximum atomic E-state index is 11.4. The Morgan fingerprint density at radius 2 is 1.76 bits per heavy atom. The molecule has 0 amide bonds. The molecule has 0 unspecified atom stereocenters. The molecule has 0 aliphatic carbocycles. The van der Waals surface area contributed by atoms with E-state index in [1.54, 1.807) is 0 Å². The van der Waals surface area contributed by atoms with Gasteiger partial charge in [0.1, 0.15) is 0 Å². The highest BCUT2D eigenvalue weighted by molar-refractivity contribution is 6.81. The van der Waals surface area contributed by atoms with Crippen molar-refractivity contribution in [2.45, 2.75) is 65.1 Å². The number of allylic oxidation sites excluding steroid dienone is 1. The van der Waals surface area contributed by atoms with Crippen LogP contribution in [0.25, 0.3) is 0 Å². The highest BCUT2D eigenvalue weighted by Crippen LogP contribution is 2.05. The third kappa shape index (κ3) is 13.1. The standard InChI is InChI=1S/C15H26OSi/c1-5-6-7-8-9-12-15(16)13-10-11-14-17(2,3)4/h11,14H,5-9,12H2,1-4H3. The Bertz CT molecular complexity index is 299. The predicted octanol–water partition coefficient (Wildman–Crippen LogP) is 4.35. The average molecular weight is 250 g/mol. The van der Waals surface area contributed by atoms with Crippen molar-refractivity contribution in [2.75, 3.05) is 0 Å². The second-order valence-electron chi connectivity index (χ2n) is 5.56. The summed E-state index contributed by atoms with van der Waals surface area (Å²) >= 11 is 0. The summed E-state index contributed by atoms with van der Waals surface area (Å²) in [6.07, 6.45) is 8.39. The van der Waals surface area contributed by atoms with E-state index in [-0.39, 0.29) is 5.78 Å². The largest absolute Gasteiger partial charge is 0.285 e. The quantitative estimate of drug-likeness (QED) is 0.284. The third-order valence-electron chi connectivity index (χ3n) is 2.39. The molecule has 0 aromatic rings. The highest BCUT2D eigenvalue weighted by Gasteiger charge is 2.05. The number of hydrogen-bond acceptors (Lipinski definition) is 1. The van der Waals surface area contributed by atoms with Crippen LogP contribution in [0.3, 0.4) is 0 Å². The summed E-state index contributed by atoms with van der Waals surface area (Å²) in [5.74, 6) is 5.63. The molecular weight excluding hydrogens is 224 g/mol. The predicted molar refractivity (Wildman–Crippen MR) is 78.6 cm³/mol. The lowest BCUT2D eigenvalue weighted by molar-refractivity contribution is -0.113. The molecule has 0 heterocycles. The maximum Gasteiger partial charge on any atom is 0.205 e. The minimum Gasteiger partial charge on any atom is -0.285 e. The van der Waals surface area contributed by atoms with E-state index in [0.29, 0.717) is 6.42 Å². The fourth-order valence-electron chi connectivity index (χ4n) is 1.37. The lowest BCUT2D eigenvalue weighted by Gasteiger charge is -2.05. The molecule has 0 saturated heterocycles. The van der Waals surface area contributed by atoms with Gasteiger partial charge in [-0.1, -0.05) is 63.9 Å². The number of ketones is 1. The van der Waals surface area contributed by atoms with Crippen molar-refractivity contribution in [3.63, 3.8) is 0 Å². The molecule has 0 spiro atoms. The molecular formula is C15H26OSi. The second kappa shape index (κ2) is 9.24. The Morgan fingerprint density at radius 1 is 1.12 bits per heavy atom. The van der Waals surface area contributed by atoms with Crippen molar-refractivity contribution in [1.82, 2.24) is 0 Å². The number of carbonyl (C=O) groups is 1. The van der Waals surface area contributed by atoms with Gasteiger partial charge in [-0.15, -0.1) is 0 Å². The molecule has 0 N–H and O–H groups in total. The molecule has 0 saturated carbocycles. The zero-order valence-corrected chi connectivity index (χ0v) is 12.8. The fourth-order valence-corrected chi connectivity index (χ4v) is 1.95. The molecule has 17 heavy (non-hydrogen) atoms. The van der Waals surface area contributed by atoms with E-state index < -0.39 is 8.07 Å². The number of rotatable bonds is 7. The Kier molecular flexibility index (Phi) is 8.80. The van der Waals surface area contributed by atoms with Gasteiger partial charge < -0.3 is 0 Å².